The number of benzene rings is 1. The van der Waals surface area contributed by atoms with E-state index in [1.165, 1.54) is 12.8 Å². The van der Waals surface area contributed by atoms with Gasteiger partial charge >= 0.3 is 0 Å². The fourth-order valence-corrected chi connectivity index (χ4v) is 2.74. The van der Waals surface area contributed by atoms with Gasteiger partial charge in [0, 0.05) is 24.8 Å². The van der Waals surface area contributed by atoms with Crippen molar-refractivity contribution >= 4 is 11.6 Å². The van der Waals surface area contributed by atoms with Gasteiger partial charge in [-0.25, -0.2) is 0 Å². The molecule has 1 atom stereocenters. The van der Waals surface area contributed by atoms with Gasteiger partial charge in [0.15, 0.2) is 0 Å². The molecule has 1 saturated carbocycles. The summed E-state index contributed by atoms with van der Waals surface area (Å²) >= 11 is 0. The minimum absolute atomic E-state index is 0.139. The van der Waals surface area contributed by atoms with Crippen molar-refractivity contribution < 1.29 is 4.79 Å². The molecular formula is C16H25N3O. The summed E-state index contributed by atoms with van der Waals surface area (Å²) in [6.07, 6.45) is 2.49. The highest BCUT2D eigenvalue weighted by Gasteiger charge is 2.33. The van der Waals surface area contributed by atoms with E-state index in [0.717, 1.165) is 5.69 Å². The molecule has 2 rings (SSSR count). The zero-order chi connectivity index (χ0) is 14.5. The van der Waals surface area contributed by atoms with Crippen molar-refractivity contribution in [3.8, 4) is 0 Å². The Balaban J connectivity index is 1.98. The van der Waals surface area contributed by atoms with Crippen LogP contribution in [0.3, 0.4) is 0 Å². The summed E-state index contributed by atoms with van der Waals surface area (Å²) in [5.74, 6) is 0.824. The van der Waals surface area contributed by atoms with Crippen LogP contribution in [0.15, 0.2) is 30.3 Å². The Kier molecular flexibility index (Phi) is 5.15. The highest BCUT2D eigenvalue weighted by molar-refractivity contribution is 5.94. The number of carbonyl (C=O) groups is 1. The second kappa shape index (κ2) is 6.86. The molecule has 0 bridgehead atoms. The molecular weight excluding hydrogens is 250 g/mol. The van der Waals surface area contributed by atoms with E-state index in [1.54, 1.807) is 0 Å². The van der Waals surface area contributed by atoms with Gasteiger partial charge < -0.3 is 10.6 Å². The Hall–Kier alpha value is -1.39. The van der Waals surface area contributed by atoms with Crippen molar-refractivity contribution in [2.24, 2.45) is 11.7 Å². The van der Waals surface area contributed by atoms with Crippen molar-refractivity contribution in [2.75, 3.05) is 31.6 Å². The van der Waals surface area contributed by atoms with Gasteiger partial charge in [0.2, 0.25) is 5.91 Å². The second-order valence-corrected chi connectivity index (χ2v) is 5.53. The first-order chi connectivity index (χ1) is 9.67. The van der Waals surface area contributed by atoms with Crippen molar-refractivity contribution in [1.29, 1.82) is 0 Å². The lowest BCUT2D eigenvalue weighted by Gasteiger charge is -2.29. The largest absolute Gasteiger partial charge is 0.329 e. The number of rotatable bonds is 7. The number of anilines is 1. The zero-order valence-electron chi connectivity index (χ0n) is 12.5. The minimum Gasteiger partial charge on any atom is -0.329 e. The summed E-state index contributed by atoms with van der Waals surface area (Å²) < 4.78 is 0. The molecule has 4 nitrogen and oxygen atoms in total. The number of nitrogens with two attached hydrogens (primary N) is 1. The predicted octanol–water partition coefficient (Wildman–Crippen LogP) is 1.71. The molecule has 20 heavy (non-hydrogen) atoms. The maximum absolute atomic E-state index is 12.5. The third-order valence-electron chi connectivity index (χ3n) is 4.04. The monoisotopic (exact) mass is 275 g/mol. The van der Waals surface area contributed by atoms with Crippen LogP contribution < -0.4 is 10.6 Å². The maximum atomic E-state index is 12.5. The Labute approximate surface area is 121 Å². The molecule has 0 spiro atoms. The average Bonchev–Trinajstić information content (AvgIpc) is 3.26. The molecule has 1 aliphatic rings. The van der Waals surface area contributed by atoms with Crippen LogP contribution in [-0.4, -0.2) is 43.5 Å². The Morgan fingerprint density at radius 2 is 2.00 bits per heavy atom. The highest BCUT2D eigenvalue weighted by atomic mass is 16.2. The molecule has 1 unspecified atom stereocenters. The van der Waals surface area contributed by atoms with E-state index in [9.17, 15) is 4.79 Å². The van der Waals surface area contributed by atoms with Crippen LogP contribution in [-0.2, 0) is 4.79 Å². The standard InChI is InChI=1S/C16H25N3O/c1-3-19(14-7-5-4-6-8-14)16(20)12-18(2)15(11-17)13-9-10-13/h4-8,13,15H,3,9-12,17H2,1-2H3. The molecule has 2 N–H and O–H groups in total. The van der Waals surface area contributed by atoms with E-state index in [2.05, 4.69) is 4.90 Å². The lowest BCUT2D eigenvalue weighted by molar-refractivity contribution is -0.119. The smallest absolute Gasteiger partial charge is 0.241 e. The molecule has 1 aromatic carbocycles. The fraction of sp³-hybridized carbons (Fsp3) is 0.562. The van der Waals surface area contributed by atoms with Gasteiger partial charge in [-0.1, -0.05) is 18.2 Å². The Morgan fingerprint density at radius 1 is 1.35 bits per heavy atom. The zero-order valence-corrected chi connectivity index (χ0v) is 12.5. The third-order valence-corrected chi connectivity index (χ3v) is 4.04. The lowest BCUT2D eigenvalue weighted by Crippen LogP contribution is -2.46. The van der Waals surface area contributed by atoms with E-state index < -0.39 is 0 Å². The first-order valence-corrected chi connectivity index (χ1v) is 7.43. The summed E-state index contributed by atoms with van der Waals surface area (Å²) in [5.41, 5.74) is 6.81. The van der Waals surface area contributed by atoms with Gasteiger partial charge in [-0.2, -0.15) is 0 Å². The Bertz CT molecular complexity index is 431. The van der Waals surface area contributed by atoms with E-state index in [0.29, 0.717) is 31.6 Å². The van der Waals surface area contributed by atoms with E-state index in [-0.39, 0.29) is 5.91 Å². The molecule has 0 saturated heterocycles. The van der Waals surface area contributed by atoms with Gasteiger partial charge in [-0.15, -0.1) is 0 Å². The number of likely N-dealkylation sites (N-methyl/N-ethyl adjacent to an activating group) is 2. The van der Waals surface area contributed by atoms with Crippen molar-refractivity contribution in [1.82, 2.24) is 4.90 Å². The molecule has 110 valence electrons. The number of hydrogen-bond donors (Lipinski definition) is 1. The van der Waals surface area contributed by atoms with E-state index in [1.807, 2.05) is 49.2 Å². The minimum atomic E-state index is 0.139. The number of amides is 1. The maximum Gasteiger partial charge on any atom is 0.241 e. The van der Waals surface area contributed by atoms with Gasteiger partial charge in [0.1, 0.15) is 0 Å². The number of carbonyl (C=O) groups excluding carboxylic acids is 1. The topological polar surface area (TPSA) is 49.6 Å². The molecule has 0 heterocycles. The molecule has 0 aromatic heterocycles. The van der Waals surface area contributed by atoms with Gasteiger partial charge in [0.05, 0.1) is 6.54 Å². The first-order valence-electron chi connectivity index (χ1n) is 7.43. The summed E-state index contributed by atoms with van der Waals surface area (Å²) in [6, 6.07) is 10.2. The van der Waals surface area contributed by atoms with E-state index >= 15 is 0 Å². The number of para-hydroxylation sites is 1. The molecule has 1 aromatic rings. The van der Waals surface area contributed by atoms with Crippen LogP contribution in [0.2, 0.25) is 0 Å². The quantitative estimate of drug-likeness (QED) is 0.824. The van der Waals surface area contributed by atoms with Gasteiger partial charge in [-0.05, 0) is 44.9 Å². The van der Waals surface area contributed by atoms with Crippen LogP contribution in [0.4, 0.5) is 5.69 Å². The van der Waals surface area contributed by atoms with Crippen molar-refractivity contribution in [3.05, 3.63) is 30.3 Å². The van der Waals surface area contributed by atoms with Crippen LogP contribution in [0.5, 0.6) is 0 Å². The van der Waals surface area contributed by atoms with Crippen molar-refractivity contribution in [2.45, 2.75) is 25.8 Å². The SMILES string of the molecule is CCN(C(=O)CN(C)C(CN)C1CC1)c1ccccc1. The third kappa shape index (κ3) is 3.58. The van der Waals surface area contributed by atoms with Crippen LogP contribution in [0.25, 0.3) is 0 Å². The van der Waals surface area contributed by atoms with Crippen molar-refractivity contribution in [3.63, 3.8) is 0 Å². The first kappa shape index (κ1) is 15.0. The highest BCUT2D eigenvalue weighted by Crippen LogP contribution is 2.34. The average molecular weight is 275 g/mol. The van der Waals surface area contributed by atoms with Crippen LogP contribution >= 0.6 is 0 Å². The van der Waals surface area contributed by atoms with E-state index in [4.69, 9.17) is 5.73 Å². The Morgan fingerprint density at radius 3 is 2.50 bits per heavy atom. The number of nitrogens with zero attached hydrogens (tertiary/aromatic N) is 2. The van der Waals surface area contributed by atoms with Gasteiger partial charge in [0.25, 0.3) is 0 Å². The summed E-state index contributed by atoms with van der Waals surface area (Å²) in [6.45, 7) is 3.76. The normalized spacial score (nSPS) is 16.2. The molecule has 0 radical (unpaired) electrons. The molecule has 0 aliphatic heterocycles. The lowest BCUT2D eigenvalue weighted by atomic mass is 10.1. The molecule has 1 amide bonds. The number of hydrogen-bond acceptors (Lipinski definition) is 3. The fourth-order valence-electron chi connectivity index (χ4n) is 2.74. The summed E-state index contributed by atoms with van der Waals surface area (Å²) in [5, 5.41) is 0. The predicted molar refractivity (Wildman–Crippen MR) is 82.7 cm³/mol. The molecule has 4 heteroatoms. The van der Waals surface area contributed by atoms with Gasteiger partial charge in [-0.3, -0.25) is 9.69 Å². The van der Waals surface area contributed by atoms with Crippen LogP contribution in [0, 0.1) is 5.92 Å². The molecule has 1 aliphatic carbocycles. The molecule has 1 fully saturated rings. The second-order valence-electron chi connectivity index (χ2n) is 5.53. The summed E-state index contributed by atoms with van der Waals surface area (Å²) in [4.78, 5) is 16.4. The summed E-state index contributed by atoms with van der Waals surface area (Å²) in [7, 11) is 2.01. The van der Waals surface area contributed by atoms with Crippen LogP contribution in [0.1, 0.15) is 19.8 Å².